The number of hydrogen-bond donors (Lipinski definition) is 2. The van der Waals surface area contributed by atoms with E-state index in [-0.39, 0.29) is 0 Å². The first-order chi connectivity index (χ1) is 13.9. The van der Waals surface area contributed by atoms with Crippen molar-refractivity contribution in [2.75, 3.05) is 19.8 Å². The molecular formula is C21H26ClN3O4. The smallest absolute Gasteiger partial charge is 0.332 e. The Morgan fingerprint density at radius 2 is 1.90 bits per heavy atom. The molecule has 0 aromatic heterocycles. The monoisotopic (exact) mass is 419 g/mol. The van der Waals surface area contributed by atoms with Crippen LogP contribution in [-0.4, -0.2) is 32.1 Å². The van der Waals surface area contributed by atoms with Gasteiger partial charge in [-0.05, 0) is 61.7 Å². The molecular weight excluding hydrogens is 394 g/mol. The number of nitrogens with two attached hydrogens (primary N) is 1. The lowest BCUT2D eigenvalue weighted by molar-refractivity contribution is 0.236. The Balaban J connectivity index is 1.93. The van der Waals surface area contributed by atoms with Gasteiger partial charge in [-0.3, -0.25) is 0 Å². The quantitative estimate of drug-likeness (QED) is 0.342. The van der Waals surface area contributed by atoms with Crippen LogP contribution in [0.4, 0.5) is 4.79 Å². The van der Waals surface area contributed by atoms with Gasteiger partial charge in [0.05, 0.1) is 31.1 Å². The number of aryl methyl sites for hydroxylation is 2. The molecule has 0 saturated carbocycles. The number of nitrogens with zero attached hydrogens (tertiary/aromatic N) is 1. The number of nitrogens with one attached hydrogen (secondary N) is 1. The molecule has 0 fully saturated rings. The maximum Gasteiger partial charge on any atom is 0.332 e. The average Bonchev–Trinajstić information content (AvgIpc) is 2.66. The predicted octanol–water partition coefficient (Wildman–Crippen LogP) is 4.21. The molecule has 0 atom stereocenters. The number of ether oxygens (including phenoxy) is 3. The highest BCUT2D eigenvalue weighted by Crippen LogP contribution is 2.36. The van der Waals surface area contributed by atoms with Crippen molar-refractivity contribution in [2.45, 2.75) is 27.2 Å². The number of amides is 2. The van der Waals surface area contributed by atoms with E-state index in [2.05, 4.69) is 24.4 Å². The van der Waals surface area contributed by atoms with E-state index in [1.54, 1.807) is 12.1 Å². The molecule has 0 bridgehead atoms. The molecule has 0 radical (unpaired) electrons. The first-order valence-corrected chi connectivity index (χ1v) is 9.66. The molecule has 0 aliphatic rings. The van der Waals surface area contributed by atoms with E-state index < -0.39 is 6.03 Å². The highest BCUT2D eigenvalue weighted by molar-refractivity contribution is 6.32. The number of carbonyl (C=O) groups is 1. The molecule has 2 amide bonds. The number of benzene rings is 2. The molecule has 0 heterocycles. The summed E-state index contributed by atoms with van der Waals surface area (Å²) < 4.78 is 17.2. The first kappa shape index (κ1) is 22.4. The Hall–Kier alpha value is -2.93. The molecule has 0 spiro atoms. The van der Waals surface area contributed by atoms with E-state index in [9.17, 15) is 4.79 Å². The number of rotatable bonds is 10. The van der Waals surface area contributed by atoms with E-state index >= 15 is 0 Å². The van der Waals surface area contributed by atoms with Gasteiger partial charge in [0.2, 0.25) is 0 Å². The summed E-state index contributed by atoms with van der Waals surface area (Å²) in [5, 5.41) is 4.10. The van der Waals surface area contributed by atoms with Crippen LogP contribution in [0, 0.1) is 13.8 Å². The molecule has 156 valence electrons. The third kappa shape index (κ3) is 7.19. The minimum atomic E-state index is -0.750. The summed E-state index contributed by atoms with van der Waals surface area (Å²) in [6, 6.07) is 8.66. The van der Waals surface area contributed by atoms with Gasteiger partial charge in [0.15, 0.2) is 11.5 Å². The first-order valence-electron chi connectivity index (χ1n) is 9.28. The zero-order chi connectivity index (χ0) is 21.2. The van der Waals surface area contributed by atoms with Crippen LogP contribution in [-0.2, 0) is 0 Å². The van der Waals surface area contributed by atoms with Gasteiger partial charge in [-0.25, -0.2) is 10.2 Å². The summed E-state index contributed by atoms with van der Waals surface area (Å²) in [5.41, 5.74) is 10.2. The van der Waals surface area contributed by atoms with Crippen LogP contribution in [0.25, 0.3) is 0 Å². The second-order valence-electron chi connectivity index (χ2n) is 6.29. The molecule has 8 heteroatoms. The van der Waals surface area contributed by atoms with Crippen LogP contribution in [0.1, 0.15) is 30.0 Å². The van der Waals surface area contributed by atoms with Gasteiger partial charge in [-0.15, -0.1) is 0 Å². The minimum absolute atomic E-state index is 0.381. The van der Waals surface area contributed by atoms with Crippen LogP contribution in [0.15, 0.2) is 35.4 Å². The van der Waals surface area contributed by atoms with E-state index in [1.807, 2.05) is 25.1 Å². The zero-order valence-electron chi connectivity index (χ0n) is 16.8. The number of urea groups is 1. The van der Waals surface area contributed by atoms with Crippen molar-refractivity contribution in [2.24, 2.45) is 10.8 Å². The van der Waals surface area contributed by atoms with Crippen LogP contribution >= 0.6 is 11.6 Å². The molecule has 29 heavy (non-hydrogen) atoms. The molecule has 0 unspecified atom stereocenters. The standard InChI is InChI=1S/C21H26ClN3O4/c1-4-27-19-12-16(13-24-25-21(23)26)11-18(22)20(19)29-9-5-8-28-17-7-6-14(2)15(3)10-17/h6-7,10-13H,4-5,8-9H2,1-3H3,(H3,23,25,26). The minimum Gasteiger partial charge on any atom is -0.493 e. The third-order valence-corrected chi connectivity index (χ3v) is 4.28. The fraction of sp³-hybridized carbons (Fsp3) is 0.333. The third-order valence-electron chi connectivity index (χ3n) is 4.00. The van der Waals surface area contributed by atoms with Gasteiger partial charge < -0.3 is 19.9 Å². The summed E-state index contributed by atoms with van der Waals surface area (Å²) >= 11 is 6.34. The summed E-state index contributed by atoms with van der Waals surface area (Å²) in [5.74, 6) is 1.80. The fourth-order valence-corrected chi connectivity index (χ4v) is 2.74. The molecule has 0 aliphatic heterocycles. The molecule has 7 nitrogen and oxygen atoms in total. The van der Waals surface area contributed by atoms with Crippen molar-refractivity contribution in [1.29, 1.82) is 0 Å². The van der Waals surface area contributed by atoms with Gasteiger partial charge >= 0.3 is 6.03 Å². The van der Waals surface area contributed by atoms with Crippen LogP contribution in [0.5, 0.6) is 17.2 Å². The predicted molar refractivity (Wildman–Crippen MR) is 114 cm³/mol. The van der Waals surface area contributed by atoms with Gasteiger partial charge in [0.25, 0.3) is 0 Å². The van der Waals surface area contributed by atoms with Crippen molar-refractivity contribution in [3.8, 4) is 17.2 Å². The Morgan fingerprint density at radius 1 is 1.14 bits per heavy atom. The fourth-order valence-electron chi connectivity index (χ4n) is 2.46. The zero-order valence-corrected chi connectivity index (χ0v) is 17.6. The Morgan fingerprint density at radius 3 is 2.59 bits per heavy atom. The Labute approximate surface area is 175 Å². The lowest BCUT2D eigenvalue weighted by Crippen LogP contribution is -2.24. The second kappa shape index (κ2) is 11.2. The average molecular weight is 420 g/mol. The van der Waals surface area contributed by atoms with Crippen molar-refractivity contribution < 1.29 is 19.0 Å². The number of hydrazone groups is 1. The largest absolute Gasteiger partial charge is 0.493 e. The lowest BCUT2D eigenvalue weighted by Gasteiger charge is -2.14. The summed E-state index contributed by atoms with van der Waals surface area (Å²) in [4.78, 5) is 10.7. The molecule has 0 aliphatic carbocycles. The van der Waals surface area contributed by atoms with Gasteiger partial charge in [-0.2, -0.15) is 5.10 Å². The maximum absolute atomic E-state index is 10.7. The molecule has 2 aromatic carbocycles. The van der Waals surface area contributed by atoms with Crippen molar-refractivity contribution in [3.05, 3.63) is 52.0 Å². The van der Waals surface area contributed by atoms with Crippen LogP contribution < -0.4 is 25.4 Å². The maximum atomic E-state index is 10.7. The SMILES string of the molecule is CCOc1cc(C=NNC(N)=O)cc(Cl)c1OCCCOc1ccc(C)c(C)c1. The highest BCUT2D eigenvalue weighted by atomic mass is 35.5. The molecule has 3 N–H and O–H groups in total. The number of halogens is 1. The van der Waals surface area contributed by atoms with E-state index in [0.717, 1.165) is 5.75 Å². The lowest BCUT2D eigenvalue weighted by atomic mass is 10.1. The topological polar surface area (TPSA) is 95.2 Å². The van der Waals surface area contributed by atoms with E-state index in [0.29, 0.717) is 48.3 Å². The highest BCUT2D eigenvalue weighted by Gasteiger charge is 2.12. The second-order valence-corrected chi connectivity index (χ2v) is 6.70. The number of primary amides is 1. The van der Waals surface area contributed by atoms with Gasteiger partial charge in [0, 0.05) is 6.42 Å². The van der Waals surface area contributed by atoms with Gasteiger partial charge in [-0.1, -0.05) is 17.7 Å². The Kier molecular flexibility index (Phi) is 8.61. The van der Waals surface area contributed by atoms with E-state index in [4.69, 9.17) is 31.5 Å². The van der Waals surface area contributed by atoms with E-state index in [1.165, 1.54) is 17.3 Å². The molecule has 2 rings (SSSR count). The van der Waals surface area contributed by atoms with Gasteiger partial charge in [0.1, 0.15) is 5.75 Å². The Bertz CT molecular complexity index is 871. The summed E-state index contributed by atoms with van der Waals surface area (Å²) in [7, 11) is 0. The number of carbonyl (C=O) groups excluding carboxylic acids is 1. The number of hydrogen-bond acceptors (Lipinski definition) is 5. The van der Waals surface area contributed by atoms with Crippen LogP contribution in [0.2, 0.25) is 5.02 Å². The van der Waals surface area contributed by atoms with Crippen molar-refractivity contribution >= 4 is 23.8 Å². The molecule has 0 saturated heterocycles. The summed E-state index contributed by atoms with van der Waals surface area (Å²) in [6.07, 6.45) is 2.10. The molecule has 2 aromatic rings. The van der Waals surface area contributed by atoms with Crippen molar-refractivity contribution in [1.82, 2.24) is 5.43 Å². The normalized spacial score (nSPS) is 10.8. The van der Waals surface area contributed by atoms with Crippen molar-refractivity contribution in [3.63, 3.8) is 0 Å². The summed E-state index contributed by atoms with van der Waals surface area (Å²) in [6.45, 7) is 7.38. The van der Waals surface area contributed by atoms with Crippen LogP contribution in [0.3, 0.4) is 0 Å².